The minimum Gasteiger partial charge on any atom is -0.247 e. The molecule has 1 heterocycles. The Morgan fingerprint density at radius 2 is 0.489 bits per heavy atom. The van der Waals surface area contributed by atoms with E-state index in [-0.39, 0.29) is 0 Å². The number of benzene rings is 5. The Bertz CT molecular complexity index is 2100. The van der Waals surface area contributed by atoms with Gasteiger partial charge < -0.3 is 0 Å². The van der Waals surface area contributed by atoms with Gasteiger partial charge in [0.1, 0.15) is 0 Å². The van der Waals surface area contributed by atoms with Crippen molar-refractivity contribution in [2.24, 2.45) is 0 Å². The molecule has 45 heavy (non-hydrogen) atoms. The van der Waals surface area contributed by atoms with Crippen molar-refractivity contribution >= 4 is 43.4 Å². The van der Waals surface area contributed by atoms with E-state index in [1.165, 1.54) is 138 Å². The number of nitrogens with zero attached hydrogens (tertiary/aromatic N) is 1. The third-order valence-corrected chi connectivity index (χ3v) is 12.4. The van der Waals surface area contributed by atoms with E-state index in [4.69, 9.17) is 4.98 Å². The molecule has 0 fully saturated rings. The molecule has 1 heteroatoms. The average Bonchev–Trinajstić information content (AvgIpc) is 3.03. The fourth-order valence-corrected chi connectivity index (χ4v) is 7.93. The third-order valence-electron chi connectivity index (χ3n) is 12.4. The summed E-state index contributed by atoms with van der Waals surface area (Å²) < 4.78 is 0. The van der Waals surface area contributed by atoms with Gasteiger partial charge in [0.25, 0.3) is 0 Å². The maximum Gasteiger partial charge on any atom is 0.0747 e. The van der Waals surface area contributed by atoms with Gasteiger partial charge in [-0.05, 0) is 234 Å². The van der Waals surface area contributed by atoms with E-state index in [1.54, 1.807) is 0 Å². The summed E-state index contributed by atoms with van der Waals surface area (Å²) >= 11 is 0. The van der Waals surface area contributed by atoms with E-state index in [0.29, 0.717) is 0 Å². The average molecular weight is 596 g/mol. The first kappa shape index (κ1) is 32.7. The highest BCUT2D eigenvalue weighted by Crippen LogP contribution is 2.40. The first-order valence-corrected chi connectivity index (χ1v) is 16.6. The smallest absolute Gasteiger partial charge is 0.0747 e. The minimum atomic E-state index is 1.18. The fourth-order valence-electron chi connectivity index (χ4n) is 7.93. The molecule has 0 bridgehead atoms. The van der Waals surface area contributed by atoms with E-state index < -0.39 is 0 Å². The predicted octanol–water partition coefficient (Wildman–Crippen LogP) is 12.6. The maximum absolute atomic E-state index is 5.16. The summed E-state index contributed by atoms with van der Waals surface area (Å²) in [4.78, 5) is 5.16. The maximum atomic E-state index is 5.16. The number of rotatable bonds is 0. The Morgan fingerprint density at radius 1 is 0.244 bits per heavy atom. The van der Waals surface area contributed by atoms with Crippen molar-refractivity contribution in [3.63, 3.8) is 0 Å². The first-order valence-electron chi connectivity index (χ1n) is 16.6. The quantitative estimate of drug-likeness (QED) is 0.126. The molecule has 234 valence electrons. The van der Waals surface area contributed by atoms with Crippen LogP contribution in [0.3, 0.4) is 0 Å². The molecule has 0 N–H and O–H groups in total. The molecule has 0 radical (unpaired) electrons. The largest absolute Gasteiger partial charge is 0.247 e. The number of pyridine rings is 1. The second-order valence-corrected chi connectivity index (χ2v) is 14.1. The van der Waals surface area contributed by atoms with Crippen molar-refractivity contribution in [1.29, 1.82) is 0 Å². The van der Waals surface area contributed by atoms with Crippen molar-refractivity contribution in [3.8, 4) is 0 Å². The van der Waals surface area contributed by atoms with Crippen LogP contribution in [-0.4, -0.2) is 4.98 Å². The van der Waals surface area contributed by atoms with Crippen LogP contribution in [0.4, 0.5) is 0 Å². The van der Waals surface area contributed by atoms with Gasteiger partial charge in [0, 0.05) is 10.8 Å². The number of aromatic nitrogens is 1. The first-order chi connectivity index (χ1) is 20.9. The zero-order valence-corrected chi connectivity index (χ0v) is 31.1. The van der Waals surface area contributed by atoms with Crippen LogP contribution >= 0.6 is 0 Å². The molecule has 0 amide bonds. The molecule has 5 aromatic carbocycles. The van der Waals surface area contributed by atoms with Gasteiger partial charge in [-0.25, -0.2) is 4.98 Å². The number of aryl methyl sites for hydroxylation is 9. The molecule has 6 rings (SSSR count). The summed E-state index contributed by atoms with van der Waals surface area (Å²) in [7, 11) is 0. The van der Waals surface area contributed by atoms with E-state index >= 15 is 0 Å². The summed E-state index contributed by atoms with van der Waals surface area (Å²) in [5, 5.41) is 8.45. The van der Waals surface area contributed by atoms with E-state index in [2.05, 4.69) is 130 Å². The molecule has 0 atom stereocenters. The highest BCUT2D eigenvalue weighted by atomic mass is 14.7. The fraction of sp³-hybridized carbons (Fsp3) is 0.386. The van der Waals surface area contributed by atoms with Gasteiger partial charge in [-0.2, -0.15) is 0 Å². The lowest BCUT2D eigenvalue weighted by Gasteiger charge is -2.20. The standard InChI is InChI=1S/C22H27N.C22H26/c1-10-12(3)16(7)21-19(14(10)5)18(9)20-15(6)11(2)13(4)17(8)22(20)23-21;1-11-13(3)17(7)21-19(15(11)5)9-10-20-16(6)12(2)14(4)18(8)22(20)21/h1-9H3;9-10H,1-8H3. The van der Waals surface area contributed by atoms with Gasteiger partial charge in [-0.1, -0.05) is 12.1 Å². The van der Waals surface area contributed by atoms with Crippen LogP contribution < -0.4 is 0 Å². The van der Waals surface area contributed by atoms with Crippen LogP contribution in [0.2, 0.25) is 0 Å². The van der Waals surface area contributed by atoms with Crippen LogP contribution in [0, 0.1) is 118 Å². The molecular formula is C44H53N. The molecule has 1 aromatic heterocycles. The van der Waals surface area contributed by atoms with Crippen molar-refractivity contribution in [1.82, 2.24) is 4.98 Å². The van der Waals surface area contributed by atoms with Crippen LogP contribution in [0.25, 0.3) is 43.4 Å². The van der Waals surface area contributed by atoms with Gasteiger partial charge in [0.05, 0.1) is 11.0 Å². The highest BCUT2D eigenvalue weighted by molar-refractivity contribution is 6.13. The summed E-state index contributed by atoms with van der Waals surface area (Å²) in [6, 6.07) is 4.65. The van der Waals surface area contributed by atoms with Gasteiger partial charge in [0.15, 0.2) is 0 Å². The molecule has 0 aliphatic rings. The van der Waals surface area contributed by atoms with Crippen molar-refractivity contribution in [3.05, 3.63) is 107 Å². The van der Waals surface area contributed by atoms with Crippen LogP contribution in [0.1, 0.15) is 94.6 Å². The second kappa shape index (κ2) is 11.3. The van der Waals surface area contributed by atoms with E-state index in [9.17, 15) is 0 Å². The zero-order valence-electron chi connectivity index (χ0n) is 31.1. The Hall–Kier alpha value is -3.71. The molecule has 0 spiro atoms. The third kappa shape index (κ3) is 4.60. The Balaban J connectivity index is 0.000000178. The lowest BCUT2D eigenvalue weighted by molar-refractivity contribution is 1.20. The Kier molecular flexibility index (Phi) is 8.18. The van der Waals surface area contributed by atoms with Crippen molar-refractivity contribution < 1.29 is 0 Å². The summed E-state index contributed by atoms with van der Waals surface area (Å²) in [5.41, 5.74) is 26.2. The van der Waals surface area contributed by atoms with Gasteiger partial charge >= 0.3 is 0 Å². The molecular weight excluding hydrogens is 542 g/mol. The minimum absolute atomic E-state index is 1.18. The van der Waals surface area contributed by atoms with Gasteiger partial charge in [-0.3, -0.25) is 0 Å². The lowest BCUT2D eigenvalue weighted by atomic mass is 9.84. The molecule has 0 aliphatic heterocycles. The Morgan fingerprint density at radius 3 is 0.800 bits per heavy atom. The normalized spacial score (nSPS) is 11.7. The highest BCUT2D eigenvalue weighted by Gasteiger charge is 2.19. The number of hydrogen-bond donors (Lipinski definition) is 0. The van der Waals surface area contributed by atoms with Gasteiger partial charge in [0.2, 0.25) is 0 Å². The Labute approximate surface area is 272 Å². The summed E-state index contributed by atoms with van der Waals surface area (Å²) in [6.07, 6.45) is 0. The van der Waals surface area contributed by atoms with Crippen LogP contribution in [-0.2, 0) is 0 Å². The van der Waals surface area contributed by atoms with Crippen LogP contribution in [0.5, 0.6) is 0 Å². The summed E-state index contributed by atoms with van der Waals surface area (Å²) in [6.45, 7) is 38.2. The SMILES string of the molecule is Cc1c(C)c(C)c2c(C)c3c(C)c(C)c(C)c(C)c3nc2c1C.Cc1c(C)c(C)c2c(ccc3c(C)c(C)c(C)c(C)c32)c1C. The van der Waals surface area contributed by atoms with E-state index in [1.807, 2.05) is 0 Å². The molecule has 1 nitrogen and oxygen atoms in total. The van der Waals surface area contributed by atoms with Gasteiger partial charge in [-0.15, -0.1) is 0 Å². The topological polar surface area (TPSA) is 12.9 Å². The molecule has 0 unspecified atom stereocenters. The second-order valence-electron chi connectivity index (χ2n) is 14.1. The van der Waals surface area contributed by atoms with E-state index in [0.717, 1.165) is 0 Å². The van der Waals surface area contributed by atoms with Crippen LogP contribution in [0.15, 0.2) is 12.1 Å². The number of fused-ring (bicyclic) bond motifs is 5. The molecule has 0 aliphatic carbocycles. The monoisotopic (exact) mass is 595 g/mol. The summed E-state index contributed by atoms with van der Waals surface area (Å²) in [5.74, 6) is 0. The predicted molar refractivity (Wildman–Crippen MR) is 201 cm³/mol. The zero-order chi connectivity index (χ0) is 33.6. The molecule has 0 saturated carbocycles. The molecule has 6 aromatic rings. The molecule has 0 saturated heterocycles. The van der Waals surface area contributed by atoms with Crippen molar-refractivity contribution in [2.75, 3.05) is 0 Å². The lowest BCUT2D eigenvalue weighted by Crippen LogP contribution is -2.03. The number of hydrogen-bond acceptors (Lipinski definition) is 1. The van der Waals surface area contributed by atoms with Crippen molar-refractivity contribution in [2.45, 2.75) is 118 Å².